The number of nitrogens with zero attached hydrogens (tertiary/aromatic N) is 1. The summed E-state index contributed by atoms with van der Waals surface area (Å²) in [4.78, 5) is 28.8. The van der Waals surface area contributed by atoms with E-state index in [1.807, 2.05) is 0 Å². The summed E-state index contributed by atoms with van der Waals surface area (Å²) in [5.74, 6) is -0.996. The molecule has 0 aliphatic heterocycles. The maximum absolute atomic E-state index is 13.2. The molecule has 0 atom stereocenters. The van der Waals surface area contributed by atoms with Crippen LogP contribution < -0.4 is 15.4 Å². The fourth-order valence-electron chi connectivity index (χ4n) is 2.38. The molecule has 2 amide bonds. The number of benzene rings is 2. The number of hydrogen-bond donors (Lipinski definition) is 2. The van der Waals surface area contributed by atoms with Crippen LogP contribution in [0.2, 0.25) is 0 Å². The van der Waals surface area contributed by atoms with Crippen molar-refractivity contribution in [1.82, 2.24) is 4.98 Å². The van der Waals surface area contributed by atoms with E-state index in [9.17, 15) is 14.0 Å². The lowest BCUT2D eigenvalue weighted by Crippen LogP contribution is -2.18. The van der Waals surface area contributed by atoms with Gasteiger partial charge in [0.2, 0.25) is 0 Å². The van der Waals surface area contributed by atoms with Crippen LogP contribution in [0.5, 0.6) is 5.75 Å². The number of nitrogens with one attached hydrogen (secondary N) is 2. The molecular formula is C20H16FN3O3. The SMILES string of the molecule is COc1ccccc1NC(=O)c1cccc(C(=O)Nc2cccc(F)c2)n1. The van der Waals surface area contributed by atoms with Gasteiger partial charge in [-0.15, -0.1) is 0 Å². The molecule has 7 heteroatoms. The van der Waals surface area contributed by atoms with E-state index in [1.165, 1.54) is 37.4 Å². The normalized spacial score (nSPS) is 10.1. The van der Waals surface area contributed by atoms with Gasteiger partial charge in [0.15, 0.2) is 0 Å². The molecule has 0 saturated heterocycles. The lowest BCUT2D eigenvalue weighted by atomic mass is 10.2. The minimum Gasteiger partial charge on any atom is -0.495 e. The predicted molar refractivity (Wildman–Crippen MR) is 99.5 cm³/mol. The Kier molecular flexibility index (Phi) is 5.41. The lowest BCUT2D eigenvalue weighted by molar-refractivity contribution is 0.101. The van der Waals surface area contributed by atoms with E-state index >= 15 is 0 Å². The van der Waals surface area contributed by atoms with Gasteiger partial charge in [-0.1, -0.05) is 24.3 Å². The van der Waals surface area contributed by atoms with Crippen LogP contribution in [0, 0.1) is 5.82 Å². The van der Waals surface area contributed by atoms with Crippen molar-refractivity contribution in [1.29, 1.82) is 0 Å². The van der Waals surface area contributed by atoms with Crippen molar-refractivity contribution in [2.75, 3.05) is 17.7 Å². The first-order valence-corrected chi connectivity index (χ1v) is 8.05. The molecule has 6 nitrogen and oxygen atoms in total. The zero-order chi connectivity index (χ0) is 19.2. The molecule has 136 valence electrons. The first-order chi connectivity index (χ1) is 13.1. The smallest absolute Gasteiger partial charge is 0.274 e. The van der Waals surface area contributed by atoms with E-state index in [0.717, 1.165) is 0 Å². The summed E-state index contributed by atoms with van der Waals surface area (Å²) in [7, 11) is 1.50. The fraction of sp³-hybridized carbons (Fsp3) is 0.0500. The predicted octanol–water partition coefficient (Wildman–Crippen LogP) is 3.73. The first-order valence-electron chi connectivity index (χ1n) is 8.05. The highest BCUT2D eigenvalue weighted by atomic mass is 19.1. The maximum Gasteiger partial charge on any atom is 0.274 e. The summed E-state index contributed by atoms with van der Waals surface area (Å²) in [6.45, 7) is 0. The second kappa shape index (κ2) is 8.09. The largest absolute Gasteiger partial charge is 0.495 e. The van der Waals surface area contributed by atoms with Crippen molar-refractivity contribution in [3.05, 3.63) is 83.9 Å². The second-order valence-electron chi connectivity index (χ2n) is 5.53. The standard InChI is InChI=1S/C20H16FN3O3/c1-27-18-11-3-2-8-15(18)24-20(26)17-10-5-9-16(23-17)19(25)22-14-7-4-6-13(21)12-14/h2-12H,1H3,(H,22,25)(H,24,26). The number of para-hydroxylation sites is 2. The van der Waals surface area contributed by atoms with Crippen LogP contribution in [0.4, 0.5) is 15.8 Å². The Balaban J connectivity index is 1.76. The van der Waals surface area contributed by atoms with Crippen molar-refractivity contribution < 1.29 is 18.7 Å². The van der Waals surface area contributed by atoms with Gasteiger partial charge < -0.3 is 15.4 Å². The molecule has 1 heterocycles. The quantitative estimate of drug-likeness (QED) is 0.722. The Morgan fingerprint density at radius 1 is 0.889 bits per heavy atom. The zero-order valence-electron chi connectivity index (χ0n) is 14.4. The third-order valence-electron chi connectivity index (χ3n) is 3.65. The van der Waals surface area contributed by atoms with Crippen LogP contribution in [0.3, 0.4) is 0 Å². The topological polar surface area (TPSA) is 80.3 Å². The number of methoxy groups -OCH3 is 1. The number of rotatable bonds is 5. The molecule has 0 bridgehead atoms. The summed E-state index contributed by atoms with van der Waals surface area (Å²) in [5.41, 5.74) is 0.881. The van der Waals surface area contributed by atoms with Crippen LogP contribution >= 0.6 is 0 Å². The summed E-state index contributed by atoms with van der Waals surface area (Å²) >= 11 is 0. The number of anilines is 2. The van der Waals surface area contributed by atoms with Gasteiger partial charge in [0, 0.05) is 5.69 Å². The molecular weight excluding hydrogens is 349 g/mol. The van der Waals surface area contributed by atoms with Crippen LogP contribution in [-0.2, 0) is 0 Å². The van der Waals surface area contributed by atoms with E-state index < -0.39 is 17.6 Å². The molecule has 0 spiro atoms. The lowest BCUT2D eigenvalue weighted by Gasteiger charge is -2.10. The highest BCUT2D eigenvalue weighted by Crippen LogP contribution is 2.23. The summed E-state index contributed by atoms with van der Waals surface area (Å²) in [5, 5.41) is 5.23. The Bertz CT molecular complexity index is 991. The molecule has 0 aliphatic rings. The number of carbonyl (C=O) groups is 2. The minimum absolute atomic E-state index is 0.0342. The average Bonchev–Trinajstić information content (AvgIpc) is 2.68. The van der Waals surface area contributed by atoms with Crippen molar-refractivity contribution >= 4 is 23.2 Å². The molecule has 0 unspecified atom stereocenters. The van der Waals surface area contributed by atoms with Gasteiger partial charge in [-0.2, -0.15) is 0 Å². The molecule has 2 aromatic carbocycles. The van der Waals surface area contributed by atoms with E-state index in [1.54, 1.807) is 36.4 Å². The molecule has 27 heavy (non-hydrogen) atoms. The van der Waals surface area contributed by atoms with Gasteiger partial charge in [0.1, 0.15) is 23.0 Å². The third-order valence-corrected chi connectivity index (χ3v) is 3.65. The van der Waals surface area contributed by atoms with Crippen molar-refractivity contribution in [2.24, 2.45) is 0 Å². The number of halogens is 1. The van der Waals surface area contributed by atoms with E-state index in [-0.39, 0.29) is 11.4 Å². The molecule has 3 aromatic rings. The number of aromatic nitrogens is 1. The van der Waals surface area contributed by atoms with Crippen molar-refractivity contribution in [3.8, 4) is 5.75 Å². The van der Waals surface area contributed by atoms with E-state index in [2.05, 4.69) is 15.6 Å². The number of amides is 2. The molecule has 1 aromatic heterocycles. The first kappa shape index (κ1) is 18.1. The van der Waals surface area contributed by atoms with Crippen molar-refractivity contribution in [3.63, 3.8) is 0 Å². The molecule has 0 saturated carbocycles. The van der Waals surface area contributed by atoms with Crippen molar-refractivity contribution in [2.45, 2.75) is 0 Å². The van der Waals surface area contributed by atoms with Gasteiger partial charge in [0.05, 0.1) is 12.8 Å². The average molecular weight is 365 g/mol. The number of hydrogen-bond acceptors (Lipinski definition) is 4. The van der Waals surface area contributed by atoms with Crippen LogP contribution in [0.1, 0.15) is 21.0 Å². The Hall–Kier alpha value is -3.74. The minimum atomic E-state index is -0.549. The highest BCUT2D eigenvalue weighted by Gasteiger charge is 2.14. The van der Waals surface area contributed by atoms with E-state index in [0.29, 0.717) is 17.1 Å². The molecule has 0 aliphatic carbocycles. The van der Waals surface area contributed by atoms with Crippen LogP contribution in [0.15, 0.2) is 66.7 Å². The molecule has 0 radical (unpaired) electrons. The van der Waals surface area contributed by atoms with Crippen LogP contribution in [-0.4, -0.2) is 23.9 Å². The highest BCUT2D eigenvalue weighted by molar-refractivity contribution is 6.06. The van der Waals surface area contributed by atoms with Gasteiger partial charge in [0.25, 0.3) is 11.8 Å². The number of pyridine rings is 1. The van der Waals surface area contributed by atoms with Gasteiger partial charge in [-0.05, 0) is 42.5 Å². The number of ether oxygens (including phenoxy) is 1. The summed E-state index contributed by atoms with van der Waals surface area (Å²) in [6, 6.07) is 17.0. The number of carbonyl (C=O) groups excluding carboxylic acids is 2. The van der Waals surface area contributed by atoms with E-state index in [4.69, 9.17) is 4.74 Å². The second-order valence-corrected chi connectivity index (χ2v) is 5.53. The third kappa shape index (κ3) is 4.46. The Labute approximate surface area is 155 Å². The molecule has 0 fully saturated rings. The monoisotopic (exact) mass is 365 g/mol. The maximum atomic E-state index is 13.2. The summed E-state index contributed by atoms with van der Waals surface area (Å²) < 4.78 is 18.4. The van der Waals surface area contributed by atoms with Gasteiger partial charge in [-0.25, -0.2) is 9.37 Å². The van der Waals surface area contributed by atoms with Gasteiger partial charge >= 0.3 is 0 Å². The Morgan fingerprint density at radius 2 is 1.56 bits per heavy atom. The summed E-state index contributed by atoms with van der Waals surface area (Å²) in [6.07, 6.45) is 0. The Morgan fingerprint density at radius 3 is 2.26 bits per heavy atom. The van der Waals surface area contributed by atoms with Crippen LogP contribution in [0.25, 0.3) is 0 Å². The molecule has 2 N–H and O–H groups in total. The fourth-order valence-corrected chi connectivity index (χ4v) is 2.38. The molecule has 3 rings (SSSR count). The van der Waals surface area contributed by atoms with Gasteiger partial charge in [-0.3, -0.25) is 9.59 Å². The zero-order valence-corrected chi connectivity index (χ0v) is 14.4.